The first kappa shape index (κ1) is 14.4. The van der Waals surface area contributed by atoms with Crippen LogP contribution in [0.2, 0.25) is 0 Å². The highest BCUT2D eigenvalue weighted by atomic mass is 16.1. The van der Waals surface area contributed by atoms with Gasteiger partial charge in [0.2, 0.25) is 0 Å². The Hall–Kier alpha value is -0.590. The van der Waals surface area contributed by atoms with E-state index in [2.05, 4.69) is 19.1 Å². The van der Waals surface area contributed by atoms with E-state index in [0.717, 1.165) is 12.7 Å². The number of allylic oxidation sites excluding steroid dienone is 2. The summed E-state index contributed by atoms with van der Waals surface area (Å²) in [5.74, 6) is 0. The molecule has 0 aliphatic carbocycles. The highest BCUT2D eigenvalue weighted by Crippen LogP contribution is 2.08. The second kappa shape index (κ2) is 13.4. The molecule has 0 spiro atoms. The maximum Gasteiger partial charge on any atom is 0.120 e. The number of unbranched alkanes of at least 4 members (excludes halogenated alkanes) is 8. The van der Waals surface area contributed by atoms with Gasteiger partial charge in [-0.15, -0.1) is 0 Å². The van der Waals surface area contributed by atoms with E-state index in [1.165, 1.54) is 51.4 Å². The molecule has 0 aromatic rings. The van der Waals surface area contributed by atoms with Crippen LogP contribution in [-0.4, -0.2) is 6.29 Å². The molecule has 0 fully saturated rings. The Bertz CT molecular complexity index is 149. The first-order chi connectivity index (χ1) is 7.41. The Morgan fingerprint density at radius 1 is 0.733 bits per heavy atom. The van der Waals surface area contributed by atoms with Crippen LogP contribution in [0.3, 0.4) is 0 Å². The Morgan fingerprint density at radius 2 is 1.33 bits per heavy atom. The fourth-order valence-corrected chi connectivity index (χ4v) is 1.62. The molecule has 0 aromatic heterocycles. The lowest BCUT2D eigenvalue weighted by atomic mass is 10.1. The highest BCUT2D eigenvalue weighted by molar-refractivity contribution is 5.49. The van der Waals surface area contributed by atoms with Gasteiger partial charge in [-0.1, -0.05) is 57.6 Å². The molecule has 0 unspecified atom stereocenters. The molecule has 1 nitrogen and oxygen atoms in total. The fraction of sp³-hybridized carbons (Fsp3) is 0.786. The van der Waals surface area contributed by atoms with Gasteiger partial charge in [-0.25, -0.2) is 0 Å². The van der Waals surface area contributed by atoms with Crippen molar-refractivity contribution in [1.82, 2.24) is 0 Å². The molecule has 15 heavy (non-hydrogen) atoms. The first-order valence-corrected chi connectivity index (χ1v) is 6.50. The van der Waals surface area contributed by atoms with Gasteiger partial charge < -0.3 is 4.79 Å². The van der Waals surface area contributed by atoms with Crippen molar-refractivity contribution in [2.45, 2.75) is 71.1 Å². The summed E-state index contributed by atoms with van der Waals surface area (Å²) < 4.78 is 0. The van der Waals surface area contributed by atoms with E-state index in [0.29, 0.717) is 6.42 Å². The minimum atomic E-state index is 0.674. The van der Waals surface area contributed by atoms with Gasteiger partial charge in [0.1, 0.15) is 6.29 Å². The summed E-state index contributed by atoms with van der Waals surface area (Å²) in [4.78, 5) is 10.0. The van der Waals surface area contributed by atoms with Crippen molar-refractivity contribution in [2.24, 2.45) is 0 Å². The Morgan fingerprint density at radius 3 is 2.00 bits per heavy atom. The van der Waals surface area contributed by atoms with E-state index in [1.807, 2.05) is 0 Å². The van der Waals surface area contributed by atoms with Gasteiger partial charge in [-0.05, 0) is 19.3 Å². The topological polar surface area (TPSA) is 17.1 Å². The average Bonchev–Trinajstić information content (AvgIpc) is 2.26. The third-order valence-corrected chi connectivity index (χ3v) is 2.59. The van der Waals surface area contributed by atoms with E-state index < -0.39 is 0 Å². The molecule has 0 amide bonds. The predicted molar refractivity (Wildman–Crippen MR) is 67.0 cm³/mol. The van der Waals surface area contributed by atoms with Crippen LogP contribution in [0.15, 0.2) is 12.2 Å². The summed E-state index contributed by atoms with van der Waals surface area (Å²) in [5.41, 5.74) is 0. The molecule has 0 N–H and O–H groups in total. The molecule has 0 saturated heterocycles. The van der Waals surface area contributed by atoms with E-state index in [-0.39, 0.29) is 0 Å². The van der Waals surface area contributed by atoms with Gasteiger partial charge >= 0.3 is 0 Å². The molecule has 0 aromatic carbocycles. The van der Waals surface area contributed by atoms with Crippen molar-refractivity contribution >= 4 is 6.29 Å². The molecule has 0 aliphatic rings. The van der Waals surface area contributed by atoms with Crippen LogP contribution in [-0.2, 0) is 4.79 Å². The molecule has 0 bridgehead atoms. The van der Waals surface area contributed by atoms with E-state index in [9.17, 15) is 4.79 Å². The molecule has 0 atom stereocenters. The van der Waals surface area contributed by atoms with Gasteiger partial charge in [0.05, 0.1) is 0 Å². The van der Waals surface area contributed by atoms with Crippen molar-refractivity contribution in [3.05, 3.63) is 12.2 Å². The molecular weight excluding hydrogens is 184 g/mol. The second-order valence-corrected chi connectivity index (χ2v) is 4.13. The molecule has 1 heteroatoms. The van der Waals surface area contributed by atoms with Crippen LogP contribution in [0.25, 0.3) is 0 Å². The summed E-state index contributed by atoms with van der Waals surface area (Å²) in [5, 5.41) is 0. The number of carbonyl (C=O) groups is 1. The summed E-state index contributed by atoms with van der Waals surface area (Å²) in [6, 6.07) is 0. The average molecular weight is 210 g/mol. The Kier molecular flexibility index (Phi) is 12.9. The minimum Gasteiger partial charge on any atom is -0.303 e. The number of carbonyl (C=O) groups excluding carboxylic acids is 1. The number of rotatable bonds is 11. The number of hydrogen-bond acceptors (Lipinski definition) is 1. The van der Waals surface area contributed by atoms with Gasteiger partial charge in [0.15, 0.2) is 0 Å². The predicted octanol–water partition coefficient (Wildman–Crippen LogP) is 4.66. The second-order valence-electron chi connectivity index (χ2n) is 4.13. The zero-order valence-electron chi connectivity index (χ0n) is 10.2. The molecule has 0 rings (SSSR count). The van der Waals surface area contributed by atoms with Crippen LogP contribution < -0.4 is 0 Å². The molecule has 88 valence electrons. The molecule has 0 radical (unpaired) electrons. The van der Waals surface area contributed by atoms with Crippen LogP contribution in [0, 0.1) is 0 Å². The van der Waals surface area contributed by atoms with Crippen molar-refractivity contribution in [3.8, 4) is 0 Å². The van der Waals surface area contributed by atoms with Gasteiger partial charge in [0.25, 0.3) is 0 Å². The monoisotopic (exact) mass is 210 g/mol. The van der Waals surface area contributed by atoms with E-state index in [4.69, 9.17) is 0 Å². The van der Waals surface area contributed by atoms with Gasteiger partial charge in [-0.3, -0.25) is 0 Å². The summed E-state index contributed by atoms with van der Waals surface area (Å²) in [6.45, 7) is 2.25. The summed E-state index contributed by atoms with van der Waals surface area (Å²) in [6.07, 6.45) is 17.7. The van der Waals surface area contributed by atoms with Crippen LogP contribution >= 0.6 is 0 Å². The maximum absolute atomic E-state index is 10.0. The Balaban J connectivity index is 2.97. The maximum atomic E-state index is 10.0. The molecule has 0 heterocycles. The van der Waals surface area contributed by atoms with Crippen LogP contribution in [0.1, 0.15) is 71.1 Å². The Labute approximate surface area is 95.0 Å². The zero-order valence-corrected chi connectivity index (χ0v) is 10.2. The minimum absolute atomic E-state index is 0.674. The molecular formula is C14H26O. The number of hydrogen-bond donors (Lipinski definition) is 0. The first-order valence-electron chi connectivity index (χ1n) is 6.50. The fourth-order valence-electron chi connectivity index (χ4n) is 1.62. The number of aldehydes is 1. The van der Waals surface area contributed by atoms with Crippen molar-refractivity contribution in [1.29, 1.82) is 0 Å². The highest BCUT2D eigenvalue weighted by Gasteiger charge is 1.89. The SMILES string of the molecule is CCCCCCCCCC=CCCC=O. The summed E-state index contributed by atoms with van der Waals surface area (Å²) in [7, 11) is 0. The van der Waals surface area contributed by atoms with E-state index in [1.54, 1.807) is 0 Å². The lowest BCUT2D eigenvalue weighted by Crippen LogP contribution is -1.79. The molecule has 0 saturated carbocycles. The van der Waals surface area contributed by atoms with Crippen molar-refractivity contribution in [2.75, 3.05) is 0 Å². The lowest BCUT2D eigenvalue weighted by Gasteiger charge is -1.98. The van der Waals surface area contributed by atoms with Gasteiger partial charge in [0, 0.05) is 6.42 Å². The van der Waals surface area contributed by atoms with Gasteiger partial charge in [-0.2, -0.15) is 0 Å². The van der Waals surface area contributed by atoms with Crippen molar-refractivity contribution < 1.29 is 4.79 Å². The quantitative estimate of drug-likeness (QED) is 0.275. The van der Waals surface area contributed by atoms with Crippen LogP contribution in [0.5, 0.6) is 0 Å². The normalized spacial score (nSPS) is 11.0. The lowest BCUT2D eigenvalue weighted by molar-refractivity contribution is -0.107. The molecule has 0 aliphatic heterocycles. The smallest absolute Gasteiger partial charge is 0.120 e. The third kappa shape index (κ3) is 13.4. The third-order valence-electron chi connectivity index (χ3n) is 2.59. The zero-order chi connectivity index (χ0) is 11.2. The summed E-state index contributed by atoms with van der Waals surface area (Å²) >= 11 is 0. The van der Waals surface area contributed by atoms with E-state index >= 15 is 0 Å². The van der Waals surface area contributed by atoms with Crippen LogP contribution in [0.4, 0.5) is 0 Å². The standard InChI is InChI=1S/C14H26O/c1-2-3-4-5-6-7-8-9-10-11-12-13-14-15/h10-11,14H,2-9,12-13H2,1H3. The van der Waals surface area contributed by atoms with Crippen molar-refractivity contribution in [3.63, 3.8) is 0 Å². The largest absolute Gasteiger partial charge is 0.303 e.